The van der Waals surface area contributed by atoms with Gasteiger partial charge >= 0.3 is 0 Å². The van der Waals surface area contributed by atoms with Crippen molar-refractivity contribution >= 4 is 32.8 Å². The third-order valence-corrected chi connectivity index (χ3v) is 6.75. The second-order valence-electron chi connectivity index (χ2n) is 7.45. The first kappa shape index (κ1) is 17.0. The first-order chi connectivity index (χ1) is 12.3. The fraction of sp³-hybridized carbons (Fsp3) is 0.500. The van der Waals surface area contributed by atoms with E-state index in [1.165, 1.54) is 59.9 Å². The quantitative estimate of drug-likeness (QED) is 0.636. The summed E-state index contributed by atoms with van der Waals surface area (Å²) in [5.74, 6) is 0.272. The van der Waals surface area contributed by atoms with Crippen LogP contribution in [0, 0.1) is 0 Å². The monoisotopic (exact) mass is 353 g/mol. The molecule has 2 aliphatic rings. The molecule has 0 saturated carbocycles. The molecular formula is C22H27NOS. The highest BCUT2D eigenvalue weighted by Crippen LogP contribution is 2.36. The fourth-order valence-corrected chi connectivity index (χ4v) is 5.31. The van der Waals surface area contributed by atoms with Gasteiger partial charge in [0, 0.05) is 34.7 Å². The van der Waals surface area contributed by atoms with E-state index in [1.807, 2.05) is 17.4 Å². The molecule has 0 radical (unpaired) electrons. The summed E-state index contributed by atoms with van der Waals surface area (Å²) in [5.41, 5.74) is 3.73. The number of benzene rings is 1. The number of piperidine rings is 1. The van der Waals surface area contributed by atoms with Crippen LogP contribution in [0.25, 0.3) is 15.7 Å². The molecule has 1 saturated heterocycles. The van der Waals surface area contributed by atoms with Crippen molar-refractivity contribution in [2.24, 2.45) is 0 Å². The summed E-state index contributed by atoms with van der Waals surface area (Å²) in [6, 6.07) is 7.04. The summed E-state index contributed by atoms with van der Waals surface area (Å²) in [5, 5.41) is 3.58. The Morgan fingerprint density at radius 2 is 2.20 bits per heavy atom. The van der Waals surface area contributed by atoms with Crippen LogP contribution in [0.5, 0.6) is 0 Å². The molecule has 2 nitrogen and oxygen atoms in total. The second-order valence-corrected chi connectivity index (χ2v) is 8.36. The maximum atomic E-state index is 12.3. The maximum Gasteiger partial charge on any atom is 0.162 e. The number of Topliss-reactive ketones (excluding diaryl/α,β-unsaturated/α-hetero) is 1. The van der Waals surface area contributed by atoms with Gasteiger partial charge in [0.15, 0.2) is 5.78 Å². The lowest BCUT2D eigenvalue weighted by atomic mass is 9.94. The van der Waals surface area contributed by atoms with Crippen LogP contribution in [-0.4, -0.2) is 29.8 Å². The van der Waals surface area contributed by atoms with Gasteiger partial charge in [-0.25, -0.2) is 0 Å². The molecule has 132 valence electrons. The first-order valence-corrected chi connectivity index (χ1v) is 10.6. The molecule has 1 aromatic heterocycles. The smallest absolute Gasteiger partial charge is 0.162 e. The molecule has 2 aliphatic heterocycles. The van der Waals surface area contributed by atoms with Gasteiger partial charge in [0.25, 0.3) is 0 Å². The van der Waals surface area contributed by atoms with Crippen LogP contribution in [0.15, 0.2) is 29.7 Å². The topological polar surface area (TPSA) is 20.3 Å². The van der Waals surface area contributed by atoms with Gasteiger partial charge in [0.2, 0.25) is 0 Å². The molecule has 0 N–H and O–H groups in total. The zero-order valence-corrected chi connectivity index (χ0v) is 15.9. The van der Waals surface area contributed by atoms with Crippen LogP contribution in [0.1, 0.15) is 67.8 Å². The van der Waals surface area contributed by atoms with Gasteiger partial charge in [-0.1, -0.05) is 19.4 Å². The predicted molar refractivity (Wildman–Crippen MR) is 107 cm³/mol. The Morgan fingerprint density at radius 3 is 3.08 bits per heavy atom. The Bertz CT molecular complexity index is 803. The highest BCUT2D eigenvalue weighted by atomic mass is 32.1. The first-order valence-electron chi connectivity index (χ1n) is 9.74. The maximum absolute atomic E-state index is 12.3. The minimum absolute atomic E-state index is 0.272. The van der Waals surface area contributed by atoms with Crippen LogP contribution in [0.3, 0.4) is 0 Å². The third-order valence-electron chi connectivity index (χ3n) is 5.79. The van der Waals surface area contributed by atoms with Crippen molar-refractivity contribution in [3.05, 3.63) is 40.8 Å². The van der Waals surface area contributed by atoms with E-state index in [0.29, 0.717) is 6.42 Å². The van der Waals surface area contributed by atoms with Crippen molar-refractivity contribution in [1.29, 1.82) is 0 Å². The third kappa shape index (κ3) is 3.45. The van der Waals surface area contributed by atoms with Gasteiger partial charge in [0.05, 0.1) is 0 Å². The minimum Gasteiger partial charge on any atom is -0.297 e. The van der Waals surface area contributed by atoms with E-state index in [2.05, 4.69) is 35.4 Å². The normalized spacial score (nSPS) is 21.6. The van der Waals surface area contributed by atoms with Crippen LogP contribution in [0.4, 0.5) is 0 Å². The number of fused-ring (bicyclic) bond motifs is 2. The molecule has 1 aromatic carbocycles. The Kier molecular flexibility index (Phi) is 5.05. The lowest BCUT2D eigenvalue weighted by Crippen LogP contribution is -2.38. The minimum atomic E-state index is 0.272. The van der Waals surface area contributed by atoms with Gasteiger partial charge in [0.1, 0.15) is 0 Å². The van der Waals surface area contributed by atoms with Crippen LogP contribution >= 0.6 is 11.3 Å². The summed E-state index contributed by atoms with van der Waals surface area (Å²) in [7, 11) is 0. The number of rotatable bonds is 4. The van der Waals surface area contributed by atoms with E-state index in [9.17, 15) is 4.79 Å². The summed E-state index contributed by atoms with van der Waals surface area (Å²) in [6.45, 7) is 4.41. The van der Waals surface area contributed by atoms with Crippen LogP contribution in [-0.2, 0) is 0 Å². The molecule has 3 heterocycles. The molecule has 0 aliphatic carbocycles. The number of carbonyl (C=O) groups excluding carboxylic acids is 1. The summed E-state index contributed by atoms with van der Waals surface area (Å²) in [6.07, 6.45) is 10.6. The van der Waals surface area contributed by atoms with E-state index in [-0.39, 0.29) is 5.78 Å². The Labute approximate surface area is 154 Å². The zero-order chi connectivity index (χ0) is 17.2. The van der Waals surface area contributed by atoms with Gasteiger partial charge in [-0.3, -0.25) is 9.69 Å². The summed E-state index contributed by atoms with van der Waals surface area (Å²) < 4.78 is 1.30. The molecule has 25 heavy (non-hydrogen) atoms. The van der Waals surface area contributed by atoms with E-state index >= 15 is 0 Å². The SMILES string of the molecule is CCCC(=O)c1ccc2scc(C3=CCN4CCCCC4CC3)c2c1. The Hall–Kier alpha value is -1.45. The fourth-order valence-electron chi connectivity index (χ4n) is 4.35. The van der Waals surface area contributed by atoms with Crippen molar-refractivity contribution in [2.75, 3.05) is 13.1 Å². The molecule has 0 spiro atoms. The lowest BCUT2D eigenvalue weighted by Gasteiger charge is -2.33. The number of carbonyl (C=O) groups is 1. The van der Waals surface area contributed by atoms with Gasteiger partial charge in [-0.2, -0.15) is 0 Å². The molecule has 0 bridgehead atoms. The number of hydrogen-bond acceptors (Lipinski definition) is 3. The standard InChI is InChI=1S/C22H27NOS/c1-2-5-21(24)17-8-10-22-19(14-17)20(15-25-22)16-7-9-18-6-3-4-12-23(18)13-11-16/h8,10-11,14-15,18H,2-7,9,12-13H2,1H3. The molecule has 4 rings (SSSR count). The van der Waals surface area contributed by atoms with Gasteiger partial charge < -0.3 is 0 Å². The summed E-state index contributed by atoms with van der Waals surface area (Å²) in [4.78, 5) is 15.0. The van der Waals surface area contributed by atoms with Crippen LogP contribution < -0.4 is 0 Å². The Morgan fingerprint density at radius 1 is 1.28 bits per heavy atom. The highest BCUT2D eigenvalue weighted by molar-refractivity contribution is 7.17. The van der Waals surface area contributed by atoms with Crippen molar-refractivity contribution in [3.8, 4) is 0 Å². The average Bonchev–Trinajstić information content (AvgIpc) is 2.94. The molecule has 3 heteroatoms. The molecule has 1 unspecified atom stereocenters. The van der Waals surface area contributed by atoms with Crippen molar-refractivity contribution < 1.29 is 4.79 Å². The number of thiophene rings is 1. The largest absolute Gasteiger partial charge is 0.297 e. The zero-order valence-electron chi connectivity index (χ0n) is 15.1. The van der Waals surface area contributed by atoms with Crippen molar-refractivity contribution in [3.63, 3.8) is 0 Å². The number of hydrogen-bond donors (Lipinski definition) is 0. The molecular weight excluding hydrogens is 326 g/mol. The predicted octanol–water partition coefficient (Wildman–Crippen LogP) is 5.92. The second kappa shape index (κ2) is 7.43. The molecule has 0 amide bonds. The molecule has 1 atom stereocenters. The number of ketones is 1. The Balaban J connectivity index is 1.65. The number of allylic oxidation sites excluding steroid dienone is 1. The van der Waals surface area contributed by atoms with E-state index in [1.54, 1.807) is 0 Å². The molecule has 1 fully saturated rings. The van der Waals surface area contributed by atoms with Crippen molar-refractivity contribution in [1.82, 2.24) is 4.90 Å². The van der Waals surface area contributed by atoms with Crippen LogP contribution in [0.2, 0.25) is 0 Å². The van der Waals surface area contributed by atoms with Crippen molar-refractivity contribution in [2.45, 2.75) is 57.9 Å². The highest BCUT2D eigenvalue weighted by Gasteiger charge is 2.24. The number of nitrogens with zero attached hydrogens (tertiary/aromatic N) is 1. The van der Waals surface area contributed by atoms with E-state index < -0.39 is 0 Å². The lowest BCUT2D eigenvalue weighted by molar-refractivity contribution is 0.0982. The van der Waals surface area contributed by atoms with E-state index in [0.717, 1.165) is 24.6 Å². The average molecular weight is 354 g/mol. The van der Waals surface area contributed by atoms with Gasteiger partial charge in [-0.15, -0.1) is 11.3 Å². The molecule has 2 aromatic rings. The van der Waals surface area contributed by atoms with E-state index in [4.69, 9.17) is 0 Å². The van der Waals surface area contributed by atoms with Gasteiger partial charge in [-0.05, 0) is 73.4 Å². The summed E-state index contributed by atoms with van der Waals surface area (Å²) >= 11 is 1.81.